The van der Waals surface area contributed by atoms with Crippen molar-refractivity contribution in [2.45, 2.75) is 39.2 Å². The number of nitrogens with one attached hydrogen (secondary N) is 3. The summed E-state index contributed by atoms with van der Waals surface area (Å²) in [6, 6.07) is 11.4. The Balaban J connectivity index is 1.68. The molecule has 180 valence electrons. The van der Waals surface area contributed by atoms with Gasteiger partial charge in [-0.3, -0.25) is 4.79 Å². The van der Waals surface area contributed by atoms with E-state index >= 15 is 0 Å². The molecule has 0 aliphatic carbocycles. The maximum atomic E-state index is 12.6. The second-order valence-corrected chi connectivity index (χ2v) is 8.97. The van der Waals surface area contributed by atoms with Gasteiger partial charge in [0.05, 0.1) is 18.9 Å². The number of hydrogen-bond donors (Lipinski definition) is 3. The van der Waals surface area contributed by atoms with E-state index in [1.54, 1.807) is 14.2 Å². The van der Waals surface area contributed by atoms with Crippen molar-refractivity contribution in [1.29, 1.82) is 0 Å². The SMILES string of the molecule is CNC(=O)N1N=C(c2ccc(NC(=O)C3CCNCC3)cc2)c2cc(C)c(OC)cc2CC1C. The Morgan fingerprint density at radius 2 is 1.85 bits per heavy atom. The van der Waals surface area contributed by atoms with Gasteiger partial charge in [0.15, 0.2) is 0 Å². The first kappa shape index (κ1) is 23.8. The van der Waals surface area contributed by atoms with Crippen LogP contribution in [0.25, 0.3) is 0 Å². The summed E-state index contributed by atoms with van der Waals surface area (Å²) >= 11 is 0. The highest BCUT2D eigenvalue weighted by molar-refractivity contribution is 6.14. The van der Waals surface area contributed by atoms with Crippen molar-refractivity contribution in [3.05, 3.63) is 58.7 Å². The van der Waals surface area contributed by atoms with Gasteiger partial charge in [-0.1, -0.05) is 12.1 Å². The smallest absolute Gasteiger partial charge is 0.337 e. The molecule has 8 nitrogen and oxygen atoms in total. The van der Waals surface area contributed by atoms with Crippen LogP contribution in [-0.2, 0) is 11.2 Å². The van der Waals surface area contributed by atoms with Crippen LogP contribution in [-0.4, -0.2) is 55.9 Å². The predicted molar refractivity (Wildman–Crippen MR) is 133 cm³/mol. The molecule has 1 atom stereocenters. The largest absolute Gasteiger partial charge is 0.496 e. The Bertz CT molecular complexity index is 1090. The number of anilines is 1. The van der Waals surface area contributed by atoms with E-state index in [0.717, 1.165) is 59.6 Å². The van der Waals surface area contributed by atoms with Crippen LogP contribution < -0.4 is 20.7 Å². The van der Waals surface area contributed by atoms with Crippen LogP contribution in [0.15, 0.2) is 41.5 Å². The molecule has 4 rings (SSSR count). The zero-order chi connectivity index (χ0) is 24.2. The highest BCUT2D eigenvalue weighted by atomic mass is 16.5. The van der Waals surface area contributed by atoms with Crippen molar-refractivity contribution in [1.82, 2.24) is 15.6 Å². The number of carbonyl (C=O) groups excluding carboxylic acids is 2. The highest BCUT2D eigenvalue weighted by Gasteiger charge is 2.28. The number of hydrazone groups is 1. The fourth-order valence-electron chi connectivity index (χ4n) is 4.62. The van der Waals surface area contributed by atoms with Crippen LogP contribution in [0.4, 0.5) is 10.5 Å². The van der Waals surface area contributed by atoms with Gasteiger partial charge >= 0.3 is 6.03 Å². The van der Waals surface area contributed by atoms with Crippen molar-refractivity contribution < 1.29 is 14.3 Å². The average molecular weight is 464 g/mol. The topological polar surface area (TPSA) is 95.1 Å². The van der Waals surface area contributed by atoms with Crippen LogP contribution in [0.1, 0.15) is 42.0 Å². The number of ether oxygens (including phenoxy) is 1. The number of benzene rings is 2. The Kier molecular flexibility index (Phi) is 7.17. The number of urea groups is 1. The summed E-state index contributed by atoms with van der Waals surface area (Å²) in [5, 5.41) is 15.3. The third-order valence-corrected chi connectivity index (χ3v) is 6.57. The van der Waals surface area contributed by atoms with Crippen LogP contribution >= 0.6 is 0 Å². The minimum absolute atomic E-state index is 0.0413. The second kappa shape index (κ2) is 10.3. The molecule has 0 spiro atoms. The third-order valence-electron chi connectivity index (χ3n) is 6.57. The maximum absolute atomic E-state index is 12.6. The Labute approximate surface area is 200 Å². The molecule has 1 unspecified atom stereocenters. The van der Waals surface area contributed by atoms with E-state index in [-0.39, 0.29) is 23.9 Å². The van der Waals surface area contributed by atoms with E-state index in [1.807, 2.05) is 44.2 Å². The first-order chi connectivity index (χ1) is 16.4. The number of rotatable bonds is 4. The standard InChI is InChI=1S/C26H33N5O3/c1-16-13-22-20(15-23(16)34-4)14-17(2)31(26(33)27-3)30-24(22)18-5-7-21(8-6-18)29-25(32)19-9-11-28-12-10-19/h5-8,13,15,17,19,28H,9-12,14H2,1-4H3,(H,27,33)(H,29,32). The zero-order valence-electron chi connectivity index (χ0n) is 20.3. The van der Waals surface area contributed by atoms with Gasteiger partial charge in [0.25, 0.3) is 0 Å². The van der Waals surface area contributed by atoms with Gasteiger partial charge in [-0.05, 0) is 81.6 Å². The minimum atomic E-state index is -0.257. The van der Waals surface area contributed by atoms with Crippen LogP contribution in [0.3, 0.4) is 0 Å². The van der Waals surface area contributed by atoms with Crippen molar-refractivity contribution in [3.8, 4) is 5.75 Å². The number of amides is 3. The lowest BCUT2D eigenvalue weighted by atomic mass is 9.92. The van der Waals surface area contributed by atoms with Crippen LogP contribution in [0.5, 0.6) is 5.75 Å². The molecule has 34 heavy (non-hydrogen) atoms. The molecule has 2 aromatic rings. The van der Waals surface area contributed by atoms with Crippen molar-refractivity contribution in [3.63, 3.8) is 0 Å². The number of piperidine rings is 1. The van der Waals surface area contributed by atoms with E-state index < -0.39 is 0 Å². The summed E-state index contributed by atoms with van der Waals surface area (Å²) in [5.41, 5.74) is 5.38. The van der Waals surface area contributed by atoms with Crippen LogP contribution in [0, 0.1) is 12.8 Å². The molecule has 2 aliphatic heterocycles. The molecule has 2 aliphatic rings. The number of aryl methyl sites for hydroxylation is 1. The summed E-state index contributed by atoms with van der Waals surface area (Å²) in [6.45, 7) is 5.74. The van der Waals surface area contributed by atoms with Gasteiger partial charge in [-0.15, -0.1) is 0 Å². The van der Waals surface area contributed by atoms with Gasteiger partial charge in [0.2, 0.25) is 5.91 Å². The van der Waals surface area contributed by atoms with Crippen molar-refractivity contribution >= 4 is 23.3 Å². The van der Waals surface area contributed by atoms with E-state index in [1.165, 1.54) is 5.01 Å². The average Bonchev–Trinajstić information content (AvgIpc) is 2.99. The predicted octanol–water partition coefficient (Wildman–Crippen LogP) is 3.28. The van der Waals surface area contributed by atoms with E-state index in [2.05, 4.69) is 22.0 Å². The summed E-state index contributed by atoms with van der Waals surface area (Å²) in [7, 11) is 3.27. The lowest BCUT2D eigenvalue weighted by Gasteiger charge is -2.22. The number of methoxy groups -OCH3 is 1. The molecule has 1 fully saturated rings. The normalized spacial score (nSPS) is 18.4. The first-order valence-electron chi connectivity index (χ1n) is 11.8. The lowest BCUT2D eigenvalue weighted by molar-refractivity contribution is -0.120. The van der Waals surface area contributed by atoms with Gasteiger partial charge in [0, 0.05) is 29.8 Å². The Hall–Kier alpha value is -3.39. The monoisotopic (exact) mass is 463 g/mol. The molecule has 8 heteroatoms. The molecule has 3 N–H and O–H groups in total. The molecule has 2 aromatic carbocycles. The van der Waals surface area contributed by atoms with Crippen molar-refractivity contribution in [2.75, 3.05) is 32.6 Å². The fraction of sp³-hybridized carbons (Fsp3) is 0.423. The van der Waals surface area contributed by atoms with E-state index in [0.29, 0.717) is 12.1 Å². The van der Waals surface area contributed by atoms with E-state index in [9.17, 15) is 9.59 Å². The summed E-state index contributed by atoms with van der Waals surface area (Å²) in [6.07, 6.45) is 2.36. The number of fused-ring (bicyclic) bond motifs is 1. The van der Waals surface area contributed by atoms with Crippen molar-refractivity contribution in [2.24, 2.45) is 11.0 Å². The van der Waals surface area contributed by atoms with E-state index in [4.69, 9.17) is 9.84 Å². The van der Waals surface area contributed by atoms with Crippen LogP contribution in [0.2, 0.25) is 0 Å². The lowest BCUT2D eigenvalue weighted by Crippen LogP contribution is -2.41. The number of carbonyl (C=O) groups is 2. The van der Waals surface area contributed by atoms with Gasteiger partial charge < -0.3 is 20.7 Å². The summed E-state index contributed by atoms with van der Waals surface area (Å²) < 4.78 is 5.55. The third kappa shape index (κ3) is 4.92. The fourth-order valence-corrected chi connectivity index (χ4v) is 4.62. The number of nitrogens with zero attached hydrogens (tertiary/aromatic N) is 2. The molecule has 1 saturated heterocycles. The van der Waals surface area contributed by atoms with Gasteiger partial charge in [0.1, 0.15) is 5.75 Å². The summed E-state index contributed by atoms with van der Waals surface area (Å²) in [4.78, 5) is 25.2. The first-order valence-corrected chi connectivity index (χ1v) is 11.8. The molecule has 0 saturated carbocycles. The van der Waals surface area contributed by atoms with Gasteiger partial charge in [-0.25, -0.2) is 9.80 Å². The zero-order valence-corrected chi connectivity index (χ0v) is 20.3. The molecule has 0 radical (unpaired) electrons. The molecule has 0 bridgehead atoms. The molecule has 2 heterocycles. The quantitative estimate of drug-likeness (QED) is 0.649. The summed E-state index contributed by atoms with van der Waals surface area (Å²) in [5.74, 6) is 0.919. The number of hydrogen-bond acceptors (Lipinski definition) is 5. The Morgan fingerprint density at radius 3 is 2.50 bits per heavy atom. The molecular weight excluding hydrogens is 430 g/mol. The maximum Gasteiger partial charge on any atom is 0.337 e. The van der Waals surface area contributed by atoms with Gasteiger partial charge in [-0.2, -0.15) is 5.10 Å². The highest BCUT2D eigenvalue weighted by Crippen LogP contribution is 2.30. The molecular formula is C26H33N5O3. The second-order valence-electron chi connectivity index (χ2n) is 8.97. The molecule has 3 amide bonds. The minimum Gasteiger partial charge on any atom is -0.496 e. The molecule has 0 aromatic heterocycles. The Morgan fingerprint density at radius 1 is 1.15 bits per heavy atom.